The number of hydrogen-bond acceptors (Lipinski definition) is 4. The van der Waals surface area contributed by atoms with E-state index >= 15 is 0 Å². The van der Waals surface area contributed by atoms with Crippen molar-refractivity contribution in [3.63, 3.8) is 0 Å². The first-order chi connectivity index (χ1) is 7.11. The van der Waals surface area contributed by atoms with Crippen LogP contribution in [0.1, 0.15) is 0 Å². The second-order valence-electron chi connectivity index (χ2n) is 2.88. The molecule has 1 N–H and O–H groups in total. The van der Waals surface area contributed by atoms with Crippen LogP contribution in [0.2, 0.25) is 0 Å². The Balaban J connectivity index is 2.96. The molecule has 0 atom stereocenters. The molecule has 0 aliphatic rings. The number of fused-ring (bicyclic) bond motifs is 1. The Labute approximate surface area is 82.9 Å². The number of nitro benzene ring substituents is 1. The Morgan fingerprint density at radius 2 is 2.27 bits per heavy atom. The van der Waals surface area contributed by atoms with Gasteiger partial charge in [0.15, 0.2) is 0 Å². The number of aromatic hydroxyl groups is 1. The van der Waals surface area contributed by atoms with Gasteiger partial charge >= 0.3 is 5.69 Å². The third-order valence-corrected chi connectivity index (χ3v) is 1.98. The van der Waals surface area contributed by atoms with Gasteiger partial charge in [-0.2, -0.15) is 4.39 Å². The van der Waals surface area contributed by atoms with Crippen molar-refractivity contribution in [3.8, 4) is 5.75 Å². The molecular weight excluding hydrogens is 203 g/mol. The van der Waals surface area contributed by atoms with E-state index in [9.17, 15) is 19.6 Å². The third kappa shape index (κ3) is 1.35. The lowest BCUT2D eigenvalue weighted by Gasteiger charge is -2.01. The summed E-state index contributed by atoms with van der Waals surface area (Å²) in [6.45, 7) is 0. The van der Waals surface area contributed by atoms with Crippen LogP contribution < -0.4 is 0 Å². The molecule has 0 saturated carbocycles. The number of phenols is 1. The van der Waals surface area contributed by atoms with Crippen LogP contribution in [0.5, 0.6) is 5.75 Å². The summed E-state index contributed by atoms with van der Waals surface area (Å²) in [5.74, 6) is -1.48. The van der Waals surface area contributed by atoms with Crippen LogP contribution in [-0.4, -0.2) is 15.0 Å². The lowest BCUT2D eigenvalue weighted by Crippen LogP contribution is -1.95. The molecule has 1 aromatic heterocycles. The molecule has 0 amide bonds. The van der Waals surface area contributed by atoms with E-state index in [0.29, 0.717) is 6.07 Å². The zero-order chi connectivity index (χ0) is 11.0. The summed E-state index contributed by atoms with van der Waals surface area (Å²) in [6.07, 6.45) is 1.36. The topological polar surface area (TPSA) is 76.3 Å². The molecule has 15 heavy (non-hydrogen) atoms. The molecule has 76 valence electrons. The van der Waals surface area contributed by atoms with Gasteiger partial charge in [0.05, 0.1) is 10.3 Å². The zero-order valence-corrected chi connectivity index (χ0v) is 7.35. The van der Waals surface area contributed by atoms with Gasteiger partial charge in [-0.25, -0.2) is 0 Å². The van der Waals surface area contributed by atoms with Gasteiger partial charge in [-0.15, -0.1) is 0 Å². The molecule has 0 bridgehead atoms. The molecular formula is C9H5FN2O3. The van der Waals surface area contributed by atoms with E-state index in [2.05, 4.69) is 4.98 Å². The van der Waals surface area contributed by atoms with Crippen LogP contribution in [0.4, 0.5) is 10.1 Å². The van der Waals surface area contributed by atoms with E-state index in [0.717, 1.165) is 0 Å². The molecule has 0 radical (unpaired) electrons. The first kappa shape index (κ1) is 9.32. The van der Waals surface area contributed by atoms with E-state index in [1.54, 1.807) is 0 Å². The number of phenolic OH excluding ortho intramolecular Hbond substituents is 1. The van der Waals surface area contributed by atoms with Gasteiger partial charge in [0.1, 0.15) is 11.3 Å². The predicted octanol–water partition coefficient (Wildman–Crippen LogP) is 1.99. The van der Waals surface area contributed by atoms with Crippen LogP contribution in [0, 0.1) is 15.9 Å². The number of pyridine rings is 1. The molecule has 0 spiro atoms. The fourth-order valence-corrected chi connectivity index (χ4v) is 1.37. The van der Waals surface area contributed by atoms with E-state index < -0.39 is 22.2 Å². The Kier molecular flexibility index (Phi) is 1.96. The van der Waals surface area contributed by atoms with Gasteiger partial charge in [0.2, 0.25) is 5.82 Å². The number of nitro groups is 1. The fraction of sp³-hybridized carbons (Fsp3) is 0. The first-order valence-electron chi connectivity index (χ1n) is 4.02. The van der Waals surface area contributed by atoms with Crippen LogP contribution in [0.15, 0.2) is 24.4 Å². The molecule has 0 saturated heterocycles. The van der Waals surface area contributed by atoms with E-state index in [1.165, 1.54) is 18.3 Å². The minimum absolute atomic E-state index is 0.0139. The molecule has 0 unspecified atom stereocenters. The van der Waals surface area contributed by atoms with Crippen LogP contribution in [0.25, 0.3) is 10.9 Å². The van der Waals surface area contributed by atoms with E-state index in [-0.39, 0.29) is 10.9 Å². The van der Waals surface area contributed by atoms with Crippen LogP contribution >= 0.6 is 0 Å². The van der Waals surface area contributed by atoms with E-state index in [1.807, 2.05) is 0 Å². The number of hydrogen-bond donors (Lipinski definition) is 1. The number of nitrogens with zero attached hydrogens (tertiary/aromatic N) is 2. The van der Waals surface area contributed by atoms with Crippen molar-refractivity contribution < 1.29 is 14.4 Å². The number of halogens is 1. The maximum atomic E-state index is 13.2. The third-order valence-electron chi connectivity index (χ3n) is 1.98. The minimum atomic E-state index is -1.07. The molecule has 2 rings (SSSR count). The highest BCUT2D eigenvalue weighted by Crippen LogP contribution is 2.33. The van der Waals surface area contributed by atoms with Gasteiger partial charge in [0, 0.05) is 12.3 Å². The predicted molar refractivity (Wildman–Crippen MR) is 50.0 cm³/mol. The summed E-state index contributed by atoms with van der Waals surface area (Å²) in [4.78, 5) is 13.5. The average molecular weight is 208 g/mol. The van der Waals surface area contributed by atoms with Gasteiger partial charge in [0.25, 0.3) is 0 Å². The Morgan fingerprint density at radius 1 is 1.53 bits per heavy atom. The minimum Gasteiger partial charge on any atom is -0.506 e. The summed E-state index contributed by atoms with van der Waals surface area (Å²) >= 11 is 0. The summed E-state index contributed by atoms with van der Waals surface area (Å²) < 4.78 is 13.2. The van der Waals surface area contributed by atoms with Gasteiger partial charge < -0.3 is 5.11 Å². The van der Waals surface area contributed by atoms with Crippen molar-refractivity contribution in [2.75, 3.05) is 0 Å². The second kappa shape index (κ2) is 3.16. The van der Waals surface area contributed by atoms with Gasteiger partial charge in [-0.1, -0.05) is 0 Å². The SMILES string of the molecule is O=[N+]([O-])c1c(F)cc(O)c2ncccc12. The van der Waals surface area contributed by atoms with E-state index in [4.69, 9.17) is 0 Å². The molecule has 0 fully saturated rings. The van der Waals surface area contributed by atoms with Crippen LogP contribution in [-0.2, 0) is 0 Å². The average Bonchev–Trinajstić information content (AvgIpc) is 2.17. The Morgan fingerprint density at radius 3 is 2.93 bits per heavy atom. The summed E-state index contributed by atoms with van der Waals surface area (Å²) in [6, 6.07) is 3.46. The molecule has 0 aliphatic heterocycles. The highest BCUT2D eigenvalue weighted by molar-refractivity contribution is 5.92. The maximum absolute atomic E-state index is 13.2. The molecule has 6 heteroatoms. The van der Waals surface area contributed by atoms with Crippen molar-refractivity contribution in [2.45, 2.75) is 0 Å². The second-order valence-corrected chi connectivity index (χ2v) is 2.88. The van der Waals surface area contributed by atoms with Gasteiger partial charge in [-0.05, 0) is 12.1 Å². The highest BCUT2D eigenvalue weighted by Gasteiger charge is 2.21. The maximum Gasteiger partial charge on any atom is 0.314 e. The summed E-state index contributed by atoms with van der Waals surface area (Å²) in [7, 11) is 0. The quantitative estimate of drug-likeness (QED) is 0.574. The first-order valence-corrected chi connectivity index (χ1v) is 4.02. The number of aromatic nitrogens is 1. The fourth-order valence-electron chi connectivity index (χ4n) is 1.37. The molecule has 2 aromatic rings. The van der Waals surface area contributed by atoms with Crippen molar-refractivity contribution in [1.82, 2.24) is 4.98 Å². The molecule has 0 aliphatic carbocycles. The molecule has 1 heterocycles. The van der Waals surface area contributed by atoms with Crippen molar-refractivity contribution in [3.05, 3.63) is 40.3 Å². The van der Waals surface area contributed by atoms with Crippen molar-refractivity contribution >= 4 is 16.6 Å². The summed E-state index contributed by atoms with van der Waals surface area (Å²) in [5, 5.41) is 19.9. The normalized spacial score (nSPS) is 10.5. The zero-order valence-electron chi connectivity index (χ0n) is 7.35. The Hall–Kier alpha value is -2.24. The molecule has 5 nitrogen and oxygen atoms in total. The van der Waals surface area contributed by atoms with Gasteiger partial charge in [-0.3, -0.25) is 15.1 Å². The number of rotatable bonds is 1. The van der Waals surface area contributed by atoms with Crippen LogP contribution in [0.3, 0.4) is 0 Å². The standard InChI is InChI=1S/C9H5FN2O3/c10-6-4-7(13)8-5(2-1-3-11-8)9(6)12(14)15/h1-4,13H. The number of benzene rings is 1. The highest BCUT2D eigenvalue weighted by atomic mass is 19.1. The molecule has 1 aromatic carbocycles. The largest absolute Gasteiger partial charge is 0.506 e. The smallest absolute Gasteiger partial charge is 0.314 e. The van der Waals surface area contributed by atoms with Crippen molar-refractivity contribution in [2.24, 2.45) is 0 Å². The Bertz CT molecular complexity index is 556. The van der Waals surface area contributed by atoms with Crippen molar-refractivity contribution in [1.29, 1.82) is 0 Å². The lowest BCUT2D eigenvalue weighted by molar-refractivity contribution is -0.385. The summed E-state index contributed by atoms with van der Waals surface area (Å²) in [5.41, 5.74) is -0.651. The monoisotopic (exact) mass is 208 g/mol. The lowest BCUT2D eigenvalue weighted by atomic mass is 10.1.